The van der Waals surface area contributed by atoms with E-state index in [1.54, 1.807) is 29.6 Å². The van der Waals surface area contributed by atoms with Crippen LogP contribution in [0.25, 0.3) is 11.0 Å². The predicted octanol–water partition coefficient (Wildman–Crippen LogP) is 3.47. The van der Waals surface area contributed by atoms with Gasteiger partial charge in [-0.3, -0.25) is 4.99 Å². The molecule has 0 atom stereocenters. The zero-order valence-corrected chi connectivity index (χ0v) is 11.6. The number of hydrogen-bond acceptors (Lipinski definition) is 5. The van der Waals surface area contributed by atoms with Crippen LogP contribution in [0.5, 0.6) is 0 Å². The van der Waals surface area contributed by atoms with Gasteiger partial charge in [0, 0.05) is 22.5 Å². The molecule has 0 spiro atoms. The van der Waals surface area contributed by atoms with Crippen LogP contribution in [0.1, 0.15) is 16.1 Å². The molecule has 98 valence electrons. The molecule has 3 rings (SSSR count). The fourth-order valence-electron chi connectivity index (χ4n) is 1.95. The number of para-hydroxylation sites is 1. The van der Waals surface area contributed by atoms with Crippen molar-refractivity contribution in [3.8, 4) is 0 Å². The molecule has 4 nitrogen and oxygen atoms in total. The highest BCUT2D eigenvalue weighted by molar-refractivity contribution is 8.38. The third kappa shape index (κ3) is 2.50. The number of fused-ring (bicyclic) bond motifs is 1. The maximum Gasteiger partial charge on any atom is 0.372 e. The van der Waals surface area contributed by atoms with Gasteiger partial charge in [0.1, 0.15) is 9.96 Å². The predicted molar refractivity (Wildman–Crippen MR) is 79.2 cm³/mol. The van der Waals surface area contributed by atoms with Gasteiger partial charge in [0.15, 0.2) is 0 Å². The maximum absolute atomic E-state index is 11.2. The molecule has 19 heavy (non-hydrogen) atoms. The van der Waals surface area contributed by atoms with Crippen LogP contribution < -0.4 is 0 Å². The smallest absolute Gasteiger partial charge is 0.372 e. The van der Waals surface area contributed by atoms with Crippen molar-refractivity contribution in [3.63, 3.8) is 0 Å². The van der Waals surface area contributed by atoms with Gasteiger partial charge in [0.25, 0.3) is 0 Å². The molecule has 0 unspecified atom stereocenters. The number of nitrogens with zero attached hydrogens (tertiary/aromatic N) is 1. The van der Waals surface area contributed by atoms with Gasteiger partial charge in [-0.15, -0.1) is 0 Å². The molecule has 1 aliphatic heterocycles. The second-order valence-corrected chi connectivity index (χ2v) is 6.30. The van der Waals surface area contributed by atoms with E-state index < -0.39 is 5.97 Å². The quantitative estimate of drug-likeness (QED) is 0.939. The zero-order valence-electron chi connectivity index (χ0n) is 9.96. The van der Waals surface area contributed by atoms with Crippen molar-refractivity contribution in [1.29, 1.82) is 0 Å². The highest BCUT2D eigenvalue weighted by atomic mass is 32.2. The number of carbonyl (C=O) groups is 1. The van der Waals surface area contributed by atoms with Crippen molar-refractivity contribution in [2.75, 3.05) is 12.3 Å². The van der Waals surface area contributed by atoms with Gasteiger partial charge in [-0.05, 0) is 6.07 Å². The molecule has 1 aromatic heterocycles. The number of rotatable bonds is 3. The second-order valence-electron chi connectivity index (χ2n) is 4.00. The summed E-state index contributed by atoms with van der Waals surface area (Å²) in [7, 11) is 0. The minimum atomic E-state index is -1.02. The first-order chi connectivity index (χ1) is 9.25. The summed E-state index contributed by atoms with van der Waals surface area (Å²) in [6.45, 7) is 0.852. The number of benzene rings is 1. The Morgan fingerprint density at radius 2 is 2.32 bits per heavy atom. The minimum Gasteiger partial charge on any atom is -0.475 e. The Labute approximate surface area is 118 Å². The topological polar surface area (TPSA) is 62.8 Å². The van der Waals surface area contributed by atoms with Crippen LogP contribution in [0.15, 0.2) is 33.7 Å². The Morgan fingerprint density at radius 3 is 3.05 bits per heavy atom. The Kier molecular flexibility index (Phi) is 3.52. The summed E-state index contributed by atoms with van der Waals surface area (Å²) < 4.78 is 6.45. The van der Waals surface area contributed by atoms with Gasteiger partial charge in [0.05, 0.1) is 6.54 Å². The molecule has 0 amide bonds. The molecule has 6 heteroatoms. The van der Waals surface area contributed by atoms with Gasteiger partial charge < -0.3 is 9.52 Å². The lowest BCUT2D eigenvalue weighted by molar-refractivity contribution is 0.0664. The first-order valence-corrected chi connectivity index (χ1v) is 7.76. The van der Waals surface area contributed by atoms with Crippen molar-refractivity contribution in [3.05, 3.63) is 35.6 Å². The summed E-state index contributed by atoms with van der Waals surface area (Å²) in [6, 6.07) is 7.41. The minimum absolute atomic E-state index is 0.0392. The van der Waals surface area contributed by atoms with E-state index in [1.807, 2.05) is 18.2 Å². The highest BCUT2D eigenvalue weighted by Crippen LogP contribution is 2.32. The van der Waals surface area contributed by atoms with E-state index in [4.69, 9.17) is 4.42 Å². The van der Waals surface area contributed by atoms with Gasteiger partial charge in [-0.2, -0.15) is 0 Å². The van der Waals surface area contributed by atoms with Crippen LogP contribution in [0, 0.1) is 0 Å². The fraction of sp³-hybridized carbons (Fsp3) is 0.231. The summed E-state index contributed by atoms with van der Waals surface area (Å²) in [6.07, 6.45) is 0. The SMILES string of the molecule is O=C(O)c1oc2ccccc2c1CSC1=NCCS1. The number of hydrogen-bond donors (Lipinski definition) is 1. The van der Waals surface area contributed by atoms with Gasteiger partial charge in [0.2, 0.25) is 5.76 Å². The number of aliphatic imine (C=N–C) groups is 1. The molecule has 1 aromatic carbocycles. The molecule has 1 aliphatic rings. The lowest BCUT2D eigenvalue weighted by atomic mass is 10.1. The van der Waals surface area contributed by atoms with Crippen LogP contribution in [-0.2, 0) is 5.75 Å². The van der Waals surface area contributed by atoms with Crippen molar-refractivity contribution in [2.45, 2.75) is 5.75 Å². The van der Waals surface area contributed by atoms with E-state index in [1.165, 1.54) is 0 Å². The van der Waals surface area contributed by atoms with Crippen LogP contribution in [0.4, 0.5) is 0 Å². The lowest BCUT2D eigenvalue weighted by Crippen LogP contribution is -1.98. The van der Waals surface area contributed by atoms with Crippen LogP contribution >= 0.6 is 23.5 Å². The molecule has 1 N–H and O–H groups in total. The van der Waals surface area contributed by atoms with E-state index in [-0.39, 0.29) is 5.76 Å². The van der Waals surface area contributed by atoms with Crippen LogP contribution in [0.3, 0.4) is 0 Å². The molecule has 0 fully saturated rings. The maximum atomic E-state index is 11.2. The average Bonchev–Trinajstić information content (AvgIpc) is 3.03. The number of furan rings is 1. The molecule has 0 bridgehead atoms. The molecule has 2 aromatic rings. The Balaban J connectivity index is 1.95. The summed E-state index contributed by atoms with van der Waals surface area (Å²) in [4.78, 5) is 15.6. The third-order valence-corrected chi connectivity index (χ3v) is 5.07. The molecular formula is C13H11NO3S2. The third-order valence-electron chi connectivity index (χ3n) is 2.79. The number of aromatic carboxylic acids is 1. The standard InChI is InChI=1S/C13H11NO3S2/c15-12(16)11-9(7-19-13-14-5-6-18-13)8-3-1-2-4-10(8)17-11/h1-4H,5-7H2,(H,15,16). The Morgan fingerprint density at radius 1 is 1.47 bits per heavy atom. The molecule has 2 heterocycles. The number of thioether (sulfide) groups is 2. The average molecular weight is 293 g/mol. The normalized spacial score (nSPS) is 14.8. The van der Waals surface area contributed by atoms with Crippen molar-refractivity contribution in [1.82, 2.24) is 0 Å². The van der Waals surface area contributed by atoms with Gasteiger partial charge in [-0.1, -0.05) is 41.7 Å². The summed E-state index contributed by atoms with van der Waals surface area (Å²) >= 11 is 3.30. The number of carboxylic acids is 1. The van der Waals surface area contributed by atoms with E-state index in [0.29, 0.717) is 11.3 Å². The van der Waals surface area contributed by atoms with E-state index in [2.05, 4.69) is 4.99 Å². The van der Waals surface area contributed by atoms with Crippen LogP contribution in [-0.4, -0.2) is 27.7 Å². The number of carboxylic acid groups (broad SMARTS) is 1. The van der Waals surface area contributed by atoms with Gasteiger partial charge >= 0.3 is 5.97 Å². The van der Waals surface area contributed by atoms with Crippen molar-refractivity contribution >= 4 is 44.8 Å². The first kappa shape index (κ1) is 12.6. The second kappa shape index (κ2) is 5.30. The zero-order chi connectivity index (χ0) is 13.2. The lowest BCUT2D eigenvalue weighted by Gasteiger charge is -2.00. The molecule has 0 saturated carbocycles. The van der Waals surface area contributed by atoms with Crippen molar-refractivity contribution < 1.29 is 14.3 Å². The van der Waals surface area contributed by atoms with Gasteiger partial charge in [-0.25, -0.2) is 4.79 Å². The van der Waals surface area contributed by atoms with E-state index in [0.717, 1.165) is 27.6 Å². The molecule has 0 saturated heterocycles. The fourth-order valence-corrected chi connectivity index (χ4v) is 3.99. The Bertz CT molecular complexity index is 663. The van der Waals surface area contributed by atoms with E-state index in [9.17, 15) is 9.90 Å². The van der Waals surface area contributed by atoms with Crippen LogP contribution in [0.2, 0.25) is 0 Å². The largest absolute Gasteiger partial charge is 0.475 e. The molecule has 0 radical (unpaired) electrons. The highest BCUT2D eigenvalue weighted by Gasteiger charge is 2.20. The monoisotopic (exact) mass is 293 g/mol. The van der Waals surface area contributed by atoms with E-state index >= 15 is 0 Å². The first-order valence-electron chi connectivity index (χ1n) is 5.79. The summed E-state index contributed by atoms with van der Waals surface area (Å²) in [5, 5.41) is 10.1. The van der Waals surface area contributed by atoms with Crippen molar-refractivity contribution in [2.24, 2.45) is 4.99 Å². The Hall–Kier alpha value is -1.40. The summed E-state index contributed by atoms with van der Waals surface area (Å²) in [5.41, 5.74) is 1.36. The summed E-state index contributed by atoms with van der Waals surface area (Å²) in [5.74, 6) is 0.607. The molecular weight excluding hydrogens is 282 g/mol. The molecule has 0 aliphatic carbocycles.